The van der Waals surface area contributed by atoms with E-state index in [1.807, 2.05) is 0 Å². The summed E-state index contributed by atoms with van der Waals surface area (Å²) >= 11 is 0. The van der Waals surface area contributed by atoms with Crippen LogP contribution in [0.2, 0.25) is 0 Å². The molecule has 0 fully saturated rings. The molecule has 10 rings (SSSR count). The van der Waals surface area contributed by atoms with Crippen LogP contribution in [-0.4, -0.2) is 9.97 Å². The molecule has 0 amide bonds. The van der Waals surface area contributed by atoms with Gasteiger partial charge in [0.05, 0.1) is 16.6 Å². The minimum absolute atomic E-state index is 0.396. The highest BCUT2D eigenvalue weighted by atomic mass is 14.9. The molecule has 208 valence electrons. The molecule has 0 bridgehead atoms. The highest BCUT2D eigenvalue weighted by molar-refractivity contribution is 6.01. The zero-order valence-corrected chi connectivity index (χ0v) is 24.4. The van der Waals surface area contributed by atoms with Crippen LogP contribution in [0.25, 0.3) is 66.6 Å². The molecule has 1 aromatic heterocycles. The van der Waals surface area contributed by atoms with Crippen LogP contribution in [0.3, 0.4) is 0 Å². The Labute approximate surface area is 261 Å². The van der Waals surface area contributed by atoms with Gasteiger partial charge in [-0.3, -0.25) is 0 Å². The van der Waals surface area contributed by atoms with Crippen LogP contribution < -0.4 is 0 Å². The summed E-state index contributed by atoms with van der Waals surface area (Å²) in [4.78, 5) is 10.6. The van der Waals surface area contributed by atoms with E-state index < -0.39 is 5.41 Å². The van der Waals surface area contributed by atoms with E-state index in [0.29, 0.717) is 0 Å². The quantitative estimate of drug-likeness (QED) is 0.207. The molecule has 0 N–H and O–H groups in total. The van der Waals surface area contributed by atoms with Crippen molar-refractivity contribution >= 4 is 21.7 Å². The summed E-state index contributed by atoms with van der Waals surface area (Å²) in [6.07, 6.45) is 0. The molecule has 45 heavy (non-hydrogen) atoms. The van der Waals surface area contributed by atoms with E-state index in [2.05, 4.69) is 158 Å². The lowest BCUT2D eigenvalue weighted by molar-refractivity contribution is 0.794. The van der Waals surface area contributed by atoms with E-state index in [1.54, 1.807) is 0 Å². The first-order valence-electron chi connectivity index (χ1n) is 15.5. The van der Waals surface area contributed by atoms with Gasteiger partial charge < -0.3 is 0 Å². The summed E-state index contributed by atoms with van der Waals surface area (Å²) in [7, 11) is 0. The number of fused-ring (bicyclic) bond motifs is 12. The molecule has 2 aliphatic rings. The van der Waals surface area contributed by atoms with Crippen LogP contribution in [0.5, 0.6) is 0 Å². The lowest BCUT2D eigenvalue weighted by Crippen LogP contribution is -2.25. The number of benzene rings is 7. The van der Waals surface area contributed by atoms with Crippen molar-refractivity contribution in [1.82, 2.24) is 9.97 Å². The van der Waals surface area contributed by atoms with E-state index in [1.165, 1.54) is 55.3 Å². The minimum atomic E-state index is -0.396. The maximum atomic E-state index is 5.39. The molecule has 1 spiro atoms. The molecule has 8 aromatic rings. The predicted octanol–water partition coefficient (Wildman–Crippen LogP) is 10.5. The maximum absolute atomic E-state index is 5.39. The highest BCUT2D eigenvalue weighted by Crippen LogP contribution is 2.63. The maximum Gasteiger partial charge on any atom is 0.161 e. The summed E-state index contributed by atoms with van der Waals surface area (Å²) in [5.74, 6) is 0.750. The lowest BCUT2D eigenvalue weighted by atomic mass is 9.70. The molecule has 0 radical (unpaired) electrons. The highest BCUT2D eigenvalue weighted by Gasteiger charge is 2.52. The van der Waals surface area contributed by atoms with Crippen molar-refractivity contribution in [2.75, 3.05) is 0 Å². The zero-order valence-electron chi connectivity index (χ0n) is 24.4. The number of aromatic nitrogens is 2. The number of para-hydroxylation sites is 1. The van der Waals surface area contributed by atoms with Gasteiger partial charge in [0.2, 0.25) is 0 Å². The van der Waals surface area contributed by atoms with Gasteiger partial charge >= 0.3 is 0 Å². The average molecular weight is 571 g/mol. The molecule has 2 heteroatoms. The van der Waals surface area contributed by atoms with E-state index in [9.17, 15) is 0 Å². The number of rotatable bonds is 2. The second-order valence-electron chi connectivity index (χ2n) is 12.1. The zero-order chi connectivity index (χ0) is 29.5. The molecule has 0 aliphatic heterocycles. The van der Waals surface area contributed by atoms with Crippen molar-refractivity contribution in [1.29, 1.82) is 0 Å². The fourth-order valence-corrected chi connectivity index (χ4v) is 8.08. The van der Waals surface area contributed by atoms with Crippen LogP contribution in [0, 0.1) is 0 Å². The van der Waals surface area contributed by atoms with Crippen molar-refractivity contribution in [3.8, 4) is 44.9 Å². The Hall–Kier alpha value is -5.86. The van der Waals surface area contributed by atoms with Crippen LogP contribution in [0.1, 0.15) is 22.3 Å². The first-order valence-corrected chi connectivity index (χ1v) is 15.5. The molecule has 1 heterocycles. The summed E-state index contributed by atoms with van der Waals surface area (Å²) in [6.45, 7) is 0. The molecule has 7 aromatic carbocycles. The van der Waals surface area contributed by atoms with Crippen LogP contribution >= 0.6 is 0 Å². The van der Waals surface area contributed by atoms with Crippen molar-refractivity contribution in [3.63, 3.8) is 0 Å². The van der Waals surface area contributed by atoms with Gasteiger partial charge in [0.25, 0.3) is 0 Å². The fourth-order valence-electron chi connectivity index (χ4n) is 8.08. The van der Waals surface area contributed by atoms with E-state index >= 15 is 0 Å². The van der Waals surface area contributed by atoms with Crippen LogP contribution in [0.15, 0.2) is 158 Å². The van der Waals surface area contributed by atoms with Gasteiger partial charge in [-0.2, -0.15) is 0 Å². The van der Waals surface area contributed by atoms with Crippen molar-refractivity contribution in [2.24, 2.45) is 0 Å². The second kappa shape index (κ2) is 9.07. The smallest absolute Gasteiger partial charge is 0.161 e. The molecular weight excluding hydrogens is 544 g/mol. The number of hydrogen-bond acceptors (Lipinski definition) is 2. The molecule has 0 atom stereocenters. The van der Waals surface area contributed by atoms with Crippen LogP contribution in [-0.2, 0) is 5.41 Å². The summed E-state index contributed by atoms with van der Waals surface area (Å²) < 4.78 is 0. The summed E-state index contributed by atoms with van der Waals surface area (Å²) in [5, 5.41) is 3.48. The standard InChI is InChI=1S/C43H26N2/c1-2-13-28-26-29(25-24-27(28)12-1)41-33-17-6-10-23-39(33)44-42(45-41)34-18-11-22-38-40(34)32-16-5-9-21-37(32)43(38)35-19-7-3-14-30(35)31-15-4-8-20-36(31)43/h1-26H. The third-order valence-electron chi connectivity index (χ3n) is 9.89. The normalized spacial score (nSPS) is 13.5. The Kier molecular flexibility index (Phi) is 4.95. The van der Waals surface area contributed by atoms with Gasteiger partial charge in [-0.1, -0.05) is 146 Å². The van der Waals surface area contributed by atoms with E-state index in [0.717, 1.165) is 33.5 Å². The van der Waals surface area contributed by atoms with Crippen molar-refractivity contribution < 1.29 is 0 Å². The second-order valence-corrected chi connectivity index (χ2v) is 12.1. The Morgan fingerprint density at radius 3 is 1.76 bits per heavy atom. The molecule has 2 aliphatic carbocycles. The van der Waals surface area contributed by atoms with Gasteiger partial charge in [0.15, 0.2) is 5.82 Å². The molecular formula is C43H26N2. The minimum Gasteiger partial charge on any atom is -0.228 e. The van der Waals surface area contributed by atoms with E-state index in [-0.39, 0.29) is 0 Å². The topological polar surface area (TPSA) is 25.8 Å². The average Bonchev–Trinajstić information content (AvgIpc) is 3.59. The van der Waals surface area contributed by atoms with Gasteiger partial charge in [0, 0.05) is 16.5 Å². The largest absolute Gasteiger partial charge is 0.228 e. The van der Waals surface area contributed by atoms with Crippen LogP contribution in [0.4, 0.5) is 0 Å². The Bertz CT molecular complexity index is 2460. The first kappa shape index (κ1) is 24.6. The van der Waals surface area contributed by atoms with Gasteiger partial charge in [0.1, 0.15) is 0 Å². The van der Waals surface area contributed by atoms with Gasteiger partial charge in [-0.15, -0.1) is 0 Å². The lowest BCUT2D eigenvalue weighted by Gasteiger charge is -2.30. The number of nitrogens with zero attached hydrogens (tertiary/aromatic N) is 2. The number of hydrogen-bond donors (Lipinski definition) is 0. The van der Waals surface area contributed by atoms with Gasteiger partial charge in [-0.25, -0.2) is 9.97 Å². The third kappa shape index (κ3) is 3.23. The molecule has 0 saturated carbocycles. The summed E-state index contributed by atoms with van der Waals surface area (Å²) in [6, 6.07) is 57.0. The Morgan fingerprint density at radius 1 is 0.400 bits per heavy atom. The molecule has 0 unspecified atom stereocenters. The van der Waals surface area contributed by atoms with Gasteiger partial charge in [-0.05, 0) is 67.4 Å². The van der Waals surface area contributed by atoms with Crippen molar-refractivity contribution in [3.05, 3.63) is 180 Å². The van der Waals surface area contributed by atoms with E-state index in [4.69, 9.17) is 9.97 Å². The third-order valence-corrected chi connectivity index (χ3v) is 9.89. The SMILES string of the molecule is c1ccc2c(c1)-c1ccccc1C21c2ccccc2-c2c(-c3nc(-c4ccc5ccccc5c4)c4ccccc4n3)cccc21. The Morgan fingerprint density at radius 2 is 0.978 bits per heavy atom. The Balaban J connectivity index is 1.28. The molecule has 0 saturated heterocycles. The first-order chi connectivity index (χ1) is 22.3. The predicted molar refractivity (Wildman–Crippen MR) is 184 cm³/mol. The van der Waals surface area contributed by atoms with Crippen molar-refractivity contribution in [2.45, 2.75) is 5.41 Å². The fraction of sp³-hybridized carbons (Fsp3) is 0.0233. The molecule has 2 nitrogen and oxygen atoms in total. The monoisotopic (exact) mass is 570 g/mol. The summed E-state index contributed by atoms with van der Waals surface area (Å²) in [5.41, 5.74) is 14.0.